The van der Waals surface area contributed by atoms with Gasteiger partial charge in [-0.25, -0.2) is 9.36 Å². The Morgan fingerprint density at radius 2 is 1.85 bits per heavy atom. The van der Waals surface area contributed by atoms with Crippen molar-refractivity contribution in [2.24, 2.45) is 5.41 Å². The second kappa shape index (κ2) is 16.0. The number of rotatable bonds is 17. The van der Waals surface area contributed by atoms with E-state index in [9.17, 15) is 23.7 Å². The Morgan fingerprint density at radius 1 is 1.18 bits per heavy atom. The van der Waals surface area contributed by atoms with Crippen molar-refractivity contribution >= 4 is 41.3 Å². The van der Waals surface area contributed by atoms with E-state index >= 15 is 0 Å². The van der Waals surface area contributed by atoms with Crippen LogP contribution in [-0.2, 0) is 46.7 Å². The van der Waals surface area contributed by atoms with Crippen molar-refractivity contribution in [3.8, 4) is 0 Å². The van der Waals surface area contributed by atoms with Crippen LogP contribution in [0.1, 0.15) is 39.8 Å². The zero-order chi connectivity index (χ0) is 29.1. The number of nitrogens with zero attached hydrogens (tertiary/aromatic N) is 1. The molecule has 17 heteroatoms. The summed E-state index contributed by atoms with van der Waals surface area (Å²) < 4.78 is 52.7. The maximum atomic E-state index is 13.5. The summed E-state index contributed by atoms with van der Waals surface area (Å²) in [6.45, 7) is 3.60. The van der Waals surface area contributed by atoms with Crippen LogP contribution in [0.5, 0.6) is 0 Å². The van der Waals surface area contributed by atoms with Crippen LogP contribution in [0.25, 0.3) is 0 Å². The summed E-state index contributed by atoms with van der Waals surface area (Å²) in [5, 5.41) is 0. The molecule has 2 unspecified atom stereocenters. The normalized spacial score (nSPS) is 20.9. The van der Waals surface area contributed by atoms with Crippen LogP contribution in [0.2, 0.25) is 0 Å². The predicted octanol–water partition coefficient (Wildman–Crippen LogP) is 2.49. The molecule has 1 saturated heterocycles. The van der Waals surface area contributed by atoms with Crippen LogP contribution in [-0.4, -0.2) is 79.4 Å². The van der Waals surface area contributed by atoms with Crippen molar-refractivity contribution in [3.63, 3.8) is 0 Å². The predicted molar refractivity (Wildman–Crippen MR) is 143 cm³/mol. The molecule has 0 saturated carbocycles. The minimum atomic E-state index is -4.40. The highest BCUT2D eigenvalue weighted by atomic mass is 33.1. The molecule has 0 aromatic carbocycles. The van der Waals surface area contributed by atoms with Crippen LogP contribution >= 0.6 is 29.4 Å². The van der Waals surface area contributed by atoms with E-state index < -0.39 is 68.1 Å². The standard InChI is InChI=1S/C22H35N2O12PS2/c1-6-15-16(11-18(35-15)24-10-9-17(25)23-21(24)28)36-37(29,30-4)34-13-22(19(26)32-7-2,20(27)33-8-3)12-31-14-39-38-5/h9-10,15-16,18H,6-8,11-14H2,1-5H3,(H,23,25,28)/t15-,16?,18-,37?/m1/s1. The van der Waals surface area contributed by atoms with Gasteiger partial charge in [-0.05, 0) is 26.5 Å². The SMILES string of the molecule is CCOC(=O)C(COCSSC)(COP(=O)(OC)OC1C[C@H](n2ccc(=O)[nH]c2=O)O[C@@H]1CC)C(=O)OCC. The number of aromatic nitrogens is 2. The van der Waals surface area contributed by atoms with Crippen LogP contribution in [0.15, 0.2) is 21.9 Å². The first-order chi connectivity index (χ1) is 18.6. The minimum absolute atomic E-state index is 0.0406. The summed E-state index contributed by atoms with van der Waals surface area (Å²) in [5.41, 5.74) is -3.35. The fourth-order valence-electron chi connectivity index (χ4n) is 3.68. The van der Waals surface area contributed by atoms with E-state index in [0.29, 0.717) is 6.42 Å². The third-order valence-electron chi connectivity index (χ3n) is 5.63. The van der Waals surface area contributed by atoms with Crippen LogP contribution < -0.4 is 11.2 Å². The van der Waals surface area contributed by atoms with E-state index in [1.165, 1.54) is 38.4 Å². The first-order valence-corrected chi connectivity index (χ1v) is 16.3. The first-order valence-electron chi connectivity index (χ1n) is 12.1. The lowest BCUT2D eigenvalue weighted by Crippen LogP contribution is -2.49. The number of carbonyl (C=O) groups excluding carboxylic acids is 2. The average Bonchev–Trinajstić information content (AvgIpc) is 3.30. The van der Waals surface area contributed by atoms with Crippen molar-refractivity contribution in [1.82, 2.24) is 9.55 Å². The number of esters is 2. The smallest absolute Gasteiger partial charge is 0.465 e. The fourth-order valence-corrected chi connectivity index (χ4v) is 5.60. The van der Waals surface area contributed by atoms with Crippen molar-refractivity contribution in [2.45, 2.75) is 52.0 Å². The van der Waals surface area contributed by atoms with Crippen molar-refractivity contribution in [1.29, 1.82) is 0 Å². The molecule has 2 heterocycles. The van der Waals surface area contributed by atoms with Gasteiger partial charge in [-0.15, -0.1) is 0 Å². The first kappa shape index (κ1) is 33.6. The molecule has 4 atom stereocenters. The second-order valence-electron chi connectivity index (χ2n) is 8.11. The fraction of sp³-hybridized carbons (Fsp3) is 0.727. The van der Waals surface area contributed by atoms with Gasteiger partial charge in [-0.1, -0.05) is 28.5 Å². The molecule has 39 heavy (non-hydrogen) atoms. The van der Waals surface area contributed by atoms with Gasteiger partial charge in [0.05, 0.1) is 38.6 Å². The van der Waals surface area contributed by atoms with E-state index in [0.717, 1.165) is 7.11 Å². The van der Waals surface area contributed by atoms with E-state index in [1.807, 2.05) is 6.26 Å². The molecular weight excluding hydrogens is 579 g/mol. The number of nitrogens with one attached hydrogen (secondary N) is 1. The maximum Gasteiger partial charge on any atom is 0.474 e. The lowest BCUT2D eigenvalue weighted by atomic mass is 9.90. The number of aromatic amines is 1. The minimum Gasteiger partial charge on any atom is -0.465 e. The molecule has 1 aliphatic heterocycles. The van der Waals surface area contributed by atoms with Gasteiger partial charge in [0.2, 0.25) is 5.41 Å². The summed E-state index contributed by atoms with van der Waals surface area (Å²) in [7, 11) is -0.553. The Hall–Kier alpha value is -1.65. The molecule has 1 aromatic heterocycles. The number of phosphoric acid groups is 1. The van der Waals surface area contributed by atoms with Gasteiger partial charge in [-0.3, -0.25) is 37.5 Å². The largest absolute Gasteiger partial charge is 0.474 e. The Labute approximate surface area is 233 Å². The summed E-state index contributed by atoms with van der Waals surface area (Å²) in [6.07, 6.45) is 1.30. The molecule has 0 amide bonds. The number of carbonyl (C=O) groups is 2. The Balaban J connectivity index is 2.27. The third kappa shape index (κ3) is 8.92. The molecule has 1 aliphatic rings. The molecule has 1 fully saturated rings. The quantitative estimate of drug-likeness (QED) is 0.0678. The molecule has 0 aliphatic carbocycles. The van der Waals surface area contributed by atoms with Crippen molar-refractivity contribution < 1.29 is 46.7 Å². The molecule has 0 bridgehead atoms. The zero-order valence-electron chi connectivity index (χ0n) is 22.4. The summed E-state index contributed by atoms with van der Waals surface area (Å²) in [5.74, 6) is -1.81. The molecule has 14 nitrogen and oxygen atoms in total. The molecule has 0 spiro atoms. The third-order valence-corrected chi connectivity index (χ3v) is 8.55. The summed E-state index contributed by atoms with van der Waals surface area (Å²) in [6, 6.07) is 1.17. The van der Waals surface area contributed by atoms with Crippen LogP contribution in [0.3, 0.4) is 0 Å². The van der Waals surface area contributed by atoms with E-state index in [4.69, 9.17) is 32.5 Å². The lowest BCUT2D eigenvalue weighted by molar-refractivity contribution is -0.179. The highest BCUT2D eigenvalue weighted by Gasteiger charge is 2.52. The maximum absolute atomic E-state index is 13.5. The van der Waals surface area contributed by atoms with Gasteiger partial charge in [0.15, 0.2) is 0 Å². The molecular formula is C22H35N2O12PS2. The van der Waals surface area contributed by atoms with Gasteiger partial charge in [-0.2, -0.15) is 0 Å². The molecule has 222 valence electrons. The van der Waals surface area contributed by atoms with E-state index in [2.05, 4.69) is 4.98 Å². The molecule has 2 rings (SSSR count). The highest BCUT2D eigenvalue weighted by Crippen LogP contribution is 2.53. The number of phosphoric ester groups is 1. The molecule has 0 radical (unpaired) electrons. The number of ether oxygens (including phenoxy) is 4. The zero-order valence-corrected chi connectivity index (χ0v) is 25.0. The molecule has 1 aromatic rings. The highest BCUT2D eigenvalue weighted by molar-refractivity contribution is 8.76. The Bertz CT molecular complexity index is 1100. The molecule has 1 N–H and O–H groups in total. The number of H-pyrrole nitrogens is 1. The Morgan fingerprint density at radius 3 is 2.38 bits per heavy atom. The van der Waals surface area contributed by atoms with Crippen molar-refractivity contribution in [2.75, 3.05) is 45.7 Å². The van der Waals surface area contributed by atoms with Gasteiger partial charge in [0.25, 0.3) is 5.56 Å². The summed E-state index contributed by atoms with van der Waals surface area (Å²) >= 11 is 0. The number of hydrogen-bond donors (Lipinski definition) is 1. The van der Waals surface area contributed by atoms with E-state index in [1.54, 1.807) is 20.8 Å². The average molecular weight is 615 g/mol. The topological polar surface area (TPSA) is 171 Å². The Kier molecular flexibility index (Phi) is 13.7. The van der Waals surface area contributed by atoms with Crippen LogP contribution in [0.4, 0.5) is 0 Å². The van der Waals surface area contributed by atoms with Gasteiger partial charge in [0, 0.05) is 25.8 Å². The summed E-state index contributed by atoms with van der Waals surface area (Å²) in [4.78, 5) is 51.8. The van der Waals surface area contributed by atoms with Gasteiger partial charge in [0.1, 0.15) is 12.2 Å². The monoisotopic (exact) mass is 614 g/mol. The second-order valence-corrected chi connectivity index (χ2v) is 12.4. The lowest BCUT2D eigenvalue weighted by Gasteiger charge is -2.30. The van der Waals surface area contributed by atoms with Gasteiger partial charge >= 0.3 is 25.5 Å². The van der Waals surface area contributed by atoms with Crippen LogP contribution in [0, 0.1) is 5.41 Å². The number of hydrogen-bond acceptors (Lipinski definition) is 14. The van der Waals surface area contributed by atoms with E-state index in [-0.39, 0.29) is 25.6 Å². The van der Waals surface area contributed by atoms with Gasteiger partial charge < -0.3 is 18.9 Å². The van der Waals surface area contributed by atoms with Crippen molar-refractivity contribution in [3.05, 3.63) is 33.1 Å².